The number of hydrogen-bond donors (Lipinski definition) is 2. The van der Waals surface area contributed by atoms with Gasteiger partial charge in [-0.15, -0.1) is 0 Å². The normalized spacial score (nSPS) is 11.5. The molecule has 0 saturated heterocycles. The van der Waals surface area contributed by atoms with Crippen LogP contribution in [0.15, 0.2) is 0 Å². The molecule has 1 atom stereocenters. The number of carboxylic acid groups (broad SMARTS) is 1. The van der Waals surface area contributed by atoms with Crippen molar-refractivity contribution in [2.45, 2.75) is 348 Å². The molecule has 70 heavy (non-hydrogen) atoms. The summed E-state index contributed by atoms with van der Waals surface area (Å²) in [5, 5.41) is 15.8. The van der Waals surface area contributed by atoms with Gasteiger partial charge in [-0.3, -0.25) is 14.4 Å². The Bertz CT molecular complexity index is 1050. The van der Waals surface area contributed by atoms with E-state index >= 15 is 0 Å². The van der Waals surface area contributed by atoms with Crippen LogP contribution in [0.1, 0.15) is 339 Å². The topological polar surface area (TPSA) is 136 Å². The van der Waals surface area contributed by atoms with E-state index in [-0.39, 0.29) is 71.7 Å². The summed E-state index contributed by atoms with van der Waals surface area (Å²) in [6, 6.07) is 0. The summed E-state index contributed by atoms with van der Waals surface area (Å²) in [6.45, 7) is 7.90. The van der Waals surface area contributed by atoms with Gasteiger partial charge >= 0.3 is 61.6 Å². The molecule has 10 heteroatoms. The van der Waals surface area contributed by atoms with Gasteiger partial charge in [-0.2, -0.15) is 0 Å². The second kappa shape index (κ2) is 62.4. The predicted molar refractivity (Wildman–Crippen MR) is 298 cm³/mol. The second-order valence-corrected chi connectivity index (χ2v) is 20.6. The average Bonchev–Trinajstić information content (AvgIpc) is 3.33. The van der Waals surface area contributed by atoms with Crippen LogP contribution in [-0.2, 0) is 33.4 Å². The van der Waals surface area contributed by atoms with Crippen LogP contribution in [0.4, 0.5) is 0 Å². The monoisotopic (exact) mass is 1020 g/mol. The van der Waals surface area contributed by atoms with Crippen molar-refractivity contribution < 1.29 is 46.5 Å². The van der Waals surface area contributed by atoms with Crippen molar-refractivity contribution in [1.82, 2.24) is 0 Å². The van der Waals surface area contributed by atoms with Crippen molar-refractivity contribution in [1.29, 1.82) is 0 Å². The van der Waals surface area contributed by atoms with E-state index in [4.69, 9.17) is 24.4 Å². The largest absolute Gasteiger partial charge is 2.00 e. The van der Waals surface area contributed by atoms with Crippen molar-refractivity contribution >= 4 is 61.6 Å². The third-order valence-electron chi connectivity index (χ3n) is 13.5. The third-order valence-corrected chi connectivity index (χ3v) is 13.5. The van der Waals surface area contributed by atoms with E-state index in [1.54, 1.807) is 0 Å². The van der Waals surface area contributed by atoms with Gasteiger partial charge in [0, 0.05) is 19.3 Å². The zero-order valence-corrected chi connectivity index (χ0v) is 49.2. The summed E-state index contributed by atoms with van der Waals surface area (Å²) in [5.41, 5.74) is 0. The maximum atomic E-state index is 12.8. The molecule has 0 aliphatic heterocycles. The molecule has 0 spiro atoms. The van der Waals surface area contributed by atoms with Crippen LogP contribution in [0.2, 0.25) is 0 Å². The number of rotatable bonds is 54. The molecule has 0 aliphatic carbocycles. The summed E-state index contributed by atoms with van der Waals surface area (Å²) >= 11 is 0. The Morgan fingerprint density at radius 2 is 0.514 bits per heavy atom. The molecule has 0 heterocycles. The van der Waals surface area contributed by atoms with Crippen LogP contribution in [0.25, 0.3) is 0 Å². The standard InChI is InChI=1S/C57H110O6.C3H6O3.Ca.2H/c1-4-7-10-13-16-19-22-25-28-31-34-37-40-43-46-49-55(58)61-52-54(63-57(60)51-48-45-42-39-36-33-30-27-24-21-18-15-12-9-6-3)53-62-56(59)50-47-44-41-38-35-32-29-26-23-20-17-14-11-8-5-2;1-2(4)3(5)6;;;/h54H,4-53H2,1-3H3;2,4H,1H3,(H,5,6);;;/q;;+2;2*-1. The van der Waals surface area contributed by atoms with Crippen LogP contribution in [0.5, 0.6) is 0 Å². The van der Waals surface area contributed by atoms with Gasteiger partial charge in [0.25, 0.3) is 0 Å². The number of esters is 3. The Morgan fingerprint density at radius 1 is 0.343 bits per heavy atom. The van der Waals surface area contributed by atoms with Gasteiger partial charge < -0.3 is 27.3 Å². The smallest absolute Gasteiger partial charge is 1.00 e. The van der Waals surface area contributed by atoms with Gasteiger partial charge in [-0.05, 0) is 26.2 Å². The molecule has 0 rings (SSSR count). The first-order valence-electron chi connectivity index (χ1n) is 30.1. The molecule has 9 nitrogen and oxygen atoms in total. The van der Waals surface area contributed by atoms with E-state index in [0.29, 0.717) is 19.3 Å². The molecule has 414 valence electrons. The minimum atomic E-state index is -1.23. The number of carboxylic acids is 1. The maximum absolute atomic E-state index is 12.8. The molecule has 0 bridgehead atoms. The molecule has 2 N–H and O–H groups in total. The van der Waals surface area contributed by atoms with Crippen molar-refractivity contribution in [3.8, 4) is 0 Å². The number of carbonyl (C=O) groups is 4. The fourth-order valence-electron chi connectivity index (χ4n) is 8.80. The molecule has 0 aliphatic rings. The van der Waals surface area contributed by atoms with E-state index in [1.807, 2.05) is 0 Å². The van der Waals surface area contributed by atoms with E-state index in [2.05, 4.69) is 20.8 Å². The summed E-state index contributed by atoms with van der Waals surface area (Å²) < 4.78 is 16.9. The Balaban J connectivity index is -0.00000156. The zero-order valence-electron chi connectivity index (χ0n) is 49.0. The fraction of sp³-hybridized carbons (Fsp3) is 0.933. The van der Waals surface area contributed by atoms with Crippen molar-refractivity contribution in [3.63, 3.8) is 0 Å². The summed E-state index contributed by atoms with van der Waals surface area (Å²) in [5.74, 6) is -2.02. The van der Waals surface area contributed by atoms with Crippen LogP contribution in [-0.4, -0.2) is 97.3 Å². The number of unbranched alkanes of at least 4 members (excludes halogenated alkanes) is 42. The van der Waals surface area contributed by atoms with Crippen LogP contribution < -0.4 is 0 Å². The van der Waals surface area contributed by atoms with E-state index in [1.165, 1.54) is 238 Å². The van der Waals surface area contributed by atoms with E-state index in [9.17, 15) is 19.2 Å². The Kier molecular flexibility index (Phi) is 65.4. The molecule has 0 saturated carbocycles. The molecule has 0 aromatic heterocycles. The molecular weight excluding hydrogens is 905 g/mol. The molecule has 0 radical (unpaired) electrons. The number of ether oxygens (including phenoxy) is 3. The van der Waals surface area contributed by atoms with Gasteiger partial charge in [0.05, 0.1) is 0 Å². The molecule has 0 fully saturated rings. The number of aliphatic hydroxyl groups is 1. The van der Waals surface area contributed by atoms with Crippen LogP contribution in [0, 0.1) is 0 Å². The average molecular weight is 1020 g/mol. The van der Waals surface area contributed by atoms with E-state index in [0.717, 1.165) is 57.8 Å². The number of carbonyl (C=O) groups excluding carboxylic acids is 3. The van der Waals surface area contributed by atoms with Gasteiger partial charge in [0.2, 0.25) is 0 Å². The van der Waals surface area contributed by atoms with Crippen molar-refractivity contribution in [2.75, 3.05) is 13.2 Å². The van der Waals surface area contributed by atoms with Crippen LogP contribution >= 0.6 is 0 Å². The Labute approximate surface area is 466 Å². The molecule has 0 aromatic rings. The number of aliphatic hydroxyl groups excluding tert-OH is 1. The number of hydrogen-bond acceptors (Lipinski definition) is 8. The van der Waals surface area contributed by atoms with Crippen LogP contribution in [0.3, 0.4) is 0 Å². The minimum Gasteiger partial charge on any atom is -1.00 e. The quantitative estimate of drug-likeness (QED) is 0.0264. The predicted octanol–water partition coefficient (Wildman–Crippen LogP) is 18.1. The Hall–Kier alpha value is -0.900. The maximum Gasteiger partial charge on any atom is 2.00 e. The fourth-order valence-corrected chi connectivity index (χ4v) is 8.80. The summed E-state index contributed by atoms with van der Waals surface area (Å²) in [7, 11) is 0. The molecule has 1 unspecified atom stereocenters. The molecular formula is C60H118CaO9. The van der Waals surface area contributed by atoms with Gasteiger partial charge in [-0.1, -0.05) is 290 Å². The molecule has 0 aromatic carbocycles. The third kappa shape index (κ3) is 63.2. The SMILES string of the molecule is CC(O)C(=O)O.CCCCCCCCCCCCCCCCCC(=O)OCC(COC(=O)CCCCCCCCCCCCCCCCC)OC(=O)CCCCCCCCCCCCCCCCC.[Ca+2].[H-].[H-]. The van der Waals surface area contributed by atoms with E-state index < -0.39 is 18.2 Å². The first-order valence-corrected chi connectivity index (χ1v) is 30.1. The van der Waals surface area contributed by atoms with Crippen molar-refractivity contribution in [3.05, 3.63) is 0 Å². The summed E-state index contributed by atoms with van der Waals surface area (Å²) in [6.07, 6.45) is 56.8. The first kappa shape index (κ1) is 73.3. The first-order chi connectivity index (χ1) is 33.7. The zero-order chi connectivity index (χ0) is 50.9. The van der Waals surface area contributed by atoms with Gasteiger partial charge in [-0.25, -0.2) is 4.79 Å². The second-order valence-electron chi connectivity index (χ2n) is 20.6. The molecule has 0 amide bonds. The Morgan fingerprint density at radius 3 is 0.700 bits per heavy atom. The number of aliphatic carboxylic acids is 1. The van der Waals surface area contributed by atoms with Gasteiger partial charge in [0.15, 0.2) is 6.10 Å². The van der Waals surface area contributed by atoms with Crippen molar-refractivity contribution in [2.24, 2.45) is 0 Å². The summed E-state index contributed by atoms with van der Waals surface area (Å²) in [4.78, 5) is 47.5. The van der Waals surface area contributed by atoms with Gasteiger partial charge in [0.1, 0.15) is 19.3 Å². The minimum absolute atomic E-state index is 0.